The highest BCUT2D eigenvalue weighted by Gasteiger charge is 2.25. The van der Waals surface area contributed by atoms with E-state index in [4.69, 9.17) is 5.11 Å². The molecular formula is C14H15FN2O3. The van der Waals surface area contributed by atoms with Crippen LogP contribution in [-0.4, -0.2) is 23.1 Å². The van der Waals surface area contributed by atoms with Crippen molar-refractivity contribution in [3.63, 3.8) is 0 Å². The van der Waals surface area contributed by atoms with Crippen LogP contribution < -0.4 is 10.6 Å². The first kappa shape index (κ1) is 14.0. The number of urea groups is 1. The minimum absolute atomic E-state index is 0.0965. The predicted molar refractivity (Wildman–Crippen MR) is 72.0 cm³/mol. The van der Waals surface area contributed by atoms with Crippen LogP contribution in [0.5, 0.6) is 0 Å². The molecule has 2 rings (SSSR count). The van der Waals surface area contributed by atoms with Gasteiger partial charge in [0.15, 0.2) is 0 Å². The Hall–Kier alpha value is -2.37. The van der Waals surface area contributed by atoms with E-state index in [0.717, 1.165) is 5.56 Å². The number of carbonyl (C=O) groups is 2. The van der Waals surface area contributed by atoms with Gasteiger partial charge < -0.3 is 15.7 Å². The number of halogens is 1. The fraction of sp³-hybridized carbons (Fsp3) is 0.286. The Morgan fingerprint density at radius 1 is 1.35 bits per heavy atom. The molecule has 0 saturated carbocycles. The third-order valence-electron chi connectivity index (χ3n) is 3.09. The first-order valence-corrected chi connectivity index (χ1v) is 6.20. The summed E-state index contributed by atoms with van der Waals surface area (Å²) in [5, 5.41) is 13.8. The lowest BCUT2D eigenvalue weighted by Gasteiger charge is -2.13. The van der Waals surface area contributed by atoms with Gasteiger partial charge >= 0.3 is 12.0 Å². The van der Waals surface area contributed by atoms with E-state index in [9.17, 15) is 14.0 Å². The quantitative estimate of drug-likeness (QED) is 0.742. The molecule has 2 atom stereocenters. The van der Waals surface area contributed by atoms with Crippen LogP contribution in [0.15, 0.2) is 30.4 Å². The molecule has 0 aromatic heterocycles. The van der Waals surface area contributed by atoms with Crippen molar-refractivity contribution < 1.29 is 19.1 Å². The number of hydrogen-bond acceptors (Lipinski definition) is 2. The van der Waals surface area contributed by atoms with Gasteiger partial charge in [0, 0.05) is 0 Å². The largest absolute Gasteiger partial charge is 0.481 e. The molecule has 1 aliphatic rings. The maximum absolute atomic E-state index is 13.5. The average Bonchev–Trinajstić information content (AvgIpc) is 2.82. The number of amides is 2. The Labute approximate surface area is 115 Å². The van der Waals surface area contributed by atoms with Crippen LogP contribution in [0.4, 0.5) is 14.9 Å². The molecule has 0 spiro atoms. The van der Waals surface area contributed by atoms with Crippen LogP contribution in [0.3, 0.4) is 0 Å². The molecule has 1 aromatic carbocycles. The molecule has 3 N–H and O–H groups in total. The van der Waals surface area contributed by atoms with Crippen molar-refractivity contribution >= 4 is 17.7 Å². The summed E-state index contributed by atoms with van der Waals surface area (Å²) in [5.41, 5.74) is 0.924. The number of carbonyl (C=O) groups excluding carboxylic acids is 1. The van der Waals surface area contributed by atoms with Gasteiger partial charge in [-0.3, -0.25) is 4.79 Å². The third kappa shape index (κ3) is 3.34. The van der Waals surface area contributed by atoms with Crippen LogP contribution >= 0.6 is 0 Å². The van der Waals surface area contributed by atoms with Gasteiger partial charge in [-0.2, -0.15) is 0 Å². The number of benzene rings is 1. The number of hydrogen-bond donors (Lipinski definition) is 3. The lowest BCUT2D eigenvalue weighted by Crippen LogP contribution is -2.36. The molecule has 0 fully saturated rings. The molecule has 1 aliphatic carbocycles. The highest BCUT2D eigenvalue weighted by Crippen LogP contribution is 2.19. The van der Waals surface area contributed by atoms with Crippen molar-refractivity contribution in [1.82, 2.24) is 5.32 Å². The van der Waals surface area contributed by atoms with E-state index in [2.05, 4.69) is 10.6 Å². The minimum atomic E-state index is -0.921. The normalized spacial score (nSPS) is 20.7. The Morgan fingerprint density at radius 2 is 2.10 bits per heavy atom. The summed E-state index contributed by atoms with van der Waals surface area (Å²) < 4.78 is 13.5. The number of anilines is 1. The predicted octanol–water partition coefficient (Wildman–Crippen LogP) is 2.28. The topological polar surface area (TPSA) is 78.4 Å². The lowest BCUT2D eigenvalue weighted by atomic mass is 10.1. The second kappa shape index (κ2) is 5.73. The Balaban J connectivity index is 1.92. The van der Waals surface area contributed by atoms with Gasteiger partial charge in [0.2, 0.25) is 0 Å². The highest BCUT2D eigenvalue weighted by molar-refractivity contribution is 5.90. The maximum Gasteiger partial charge on any atom is 0.319 e. The van der Waals surface area contributed by atoms with E-state index in [1.54, 1.807) is 25.1 Å². The van der Waals surface area contributed by atoms with Crippen molar-refractivity contribution in [1.29, 1.82) is 0 Å². The smallest absolute Gasteiger partial charge is 0.319 e. The number of carboxylic acids is 1. The van der Waals surface area contributed by atoms with Gasteiger partial charge in [-0.05, 0) is 31.0 Å². The third-order valence-corrected chi connectivity index (χ3v) is 3.09. The molecule has 0 aliphatic heterocycles. The standard InChI is InChI=1S/C14H15FN2O3/c1-8-2-5-11(15)12(6-8)17-14(20)16-10-4-3-9(7-10)13(18)19/h2-6,9-10H,7H2,1H3,(H,18,19)(H2,16,17,20). The van der Waals surface area contributed by atoms with Crippen molar-refractivity contribution in [2.75, 3.05) is 5.32 Å². The molecule has 1 aromatic rings. The number of nitrogens with one attached hydrogen (secondary N) is 2. The maximum atomic E-state index is 13.5. The summed E-state index contributed by atoms with van der Waals surface area (Å²) in [4.78, 5) is 22.5. The van der Waals surface area contributed by atoms with Crippen LogP contribution in [0.1, 0.15) is 12.0 Å². The summed E-state index contributed by atoms with van der Waals surface area (Å²) in [6.45, 7) is 1.79. The van der Waals surface area contributed by atoms with E-state index in [1.807, 2.05) is 0 Å². The molecule has 5 nitrogen and oxygen atoms in total. The van der Waals surface area contributed by atoms with E-state index >= 15 is 0 Å². The summed E-state index contributed by atoms with van der Waals surface area (Å²) in [6.07, 6.45) is 3.48. The first-order chi connectivity index (χ1) is 9.45. The minimum Gasteiger partial charge on any atom is -0.481 e. The van der Waals surface area contributed by atoms with Crippen molar-refractivity contribution in [3.8, 4) is 0 Å². The molecule has 0 bridgehead atoms. The van der Waals surface area contributed by atoms with Crippen LogP contribution in [-0.2, 0) is 4.79 Å². The van der Waals surface area contributed by atoms with Crippen LogP contribution in [0, 0.1) is 18.7 Å². The van der Waals surface area contributed by atoms with Crippen LogP contribution in [0.25, 0.3) is 0 Å². The summed E-state index contributed by atoms with van der Waals surface area (Å²) in [5.74, 6) is -2.03. The second-order valence-electron chi connectivity index (χ2n) is 4.75. The van der Waals surface area contributed by atoms with Gasteiger partial charge in [0.25, 0.3) is 0 Å². The van der Waals surface area contributed by atoms with Crippen molar-refractivity contribution in [2.45, 2.75) is 19.4 Å². The molecule has 2 unspecified atom stereocenters. The van der Waals surface area contributed by atoms with Gasteiger partial charge in [-0.25, -0.2) is 9.18 Å². The molecule has 0 radical (unpaired) electrons. The SMILES string of the molecule is Cc1ccc(F)c(NC(=O)NC2C=CC(C(=O)O)C2)c1. The second-order valence-corrected chi connectivity index (χ2v) is 4.75. The molecule has 20 heavy (non-hydrogen) atoms. The van der Waals surface area contributed by atoms with Crippen molar-refractivity contribution in [2.24, 2.45) is 5.92 Å². The first-order valence-electron chi connectivity index (χ1n) is 6.20. The Bertz CT molecular complexity index is 572. The average molecular weight is 278 g/mol. The zero-order valence-electron chi connectivity index (χ0n) is 10.9. The van der Waals surface area contributed by atoms with Crippen molar-refractivity contribution in [3.05, 3.63) is 41.7 Å². The number of rotatable bonds is 3. The monoisotopic (exact) mass is 278 g/mol. The summed E-state index contributed by atoms with van der Waals surface area (Å²) >= 11 is 0. The van der Waals surface area contributed by atoms with Gasteiger partial charge in [-0.1, -0.05) is 18.2 Å². The molecular weight excluding hydrogens is 263 g/mol. The van der Waals surface area contributed by atoms with Gasteiger partial charge in [0.05, 0.1) is 17.6 Å². The number of carboxylic acid groups (broad SMARTS) is 1. The summed E-state index contributed by atoms with van der Waals surface area (Å²) in [6, 6.07) is 3.50. The molecule has 2 amide bonds. The van der Waals surface area contributed by atoms with E-state index in [1.165, 1.54) is 12.1 Å². The molecule has 0 heterocycles. The van der Waals surface area contributed by atoms with Gasteiger partial charge in [-0.15, -0.1) is 0 Å². The molecule has 6 heteroatoms. The fourth-order valence-electron chi connectivity index (χ4n) is 2.05. The molecule has 106 valence electrons. The fourth-order valence-corrected chi connectivity index (χ4v) is 2.05. The van der Waals surface area contributed by atoms with E-state index in [0.29, 0.717) is 6.42 Å². The zero-order chi connectivity index (χ0) is 14.7. The highest BCUT2D eigenvalue weighted by atomic mass is 19.1. The van der Waals surface area contributed by atoms with Gasteiger partial charge in [0.1, 0.15) is 5.82 Å². The summed E-state index contributed by atoms with van der Waals surface area (Å²) in [7, 11) is 0. The van der Waals surface area contributed by atoms with E-state index < -0.39 is 23.7 Å². The van der Waals surface area contributed by atoms with E-state index in [-0.39, 0.29) is 11.7 Å². The number of aliphatic carboxylic acids is 1. The zero-order valence-corrected chi connectivity index (χ0v) is 10.9. The number of aryl methyl sites for hydroxylation is 1. The molecule has 0 saturated heterocycles. The van der Waals surface area contributed by atoms with Crippen LogP contribution in [0.2, 0.25) is 0 Å². The Morgan fingerprint density at radius 3 is 2.75 bits per heavy atom. The lowest BCUT2D eigenvalue weighted by molar-refractivity contribution is -0.140. The Kier molecular flexibility index (Phi) is 4.02.